The Kier molecular flexibility index (Phi) is 3.50. The summed E-state index contributed by atoms with van der Waals surface area (Å²) < 4.78 is 26.2. The molecule has 1 atom stereocenters. The van der Waals surface area contributed by atoms with Crippen molar-refractivity contribution in [2.45, 2.75) is 32.1 Å². The minimum absolute atomic E-state index is 0.0206. The third kappa shape index (κ3) is 2.79. The fraction of sp³-hybridized carbons (Fsp3) is 0.429. The maximum Gasteiger partial charge on any atom is 0.303 e. The summed E-state index contributed by atoms with van der Waals surface area (Å²) in [6, 6.07) is 6.57. The van der Waals surface area contributed by atoms with Gasteiger partial charge >= 0.3 is 5.97 Å². The number of halogens is 2. The van der Waals surface area contributed by atoms with Gasteiger partial charge in [-0.05, 0) is 31.0 Å². The Balaban J connectivity index is 2.02. The molecule has 2 N–H and O–H groups in total. The standard InChI is InChI=1S/C14H15F2NO3/c1-13(8-14(13,15)16)12(20)17-10-4-2-3-9(7-10)5-6-11(18)19/h2-4,7H,5-6,8H2,1H3,(H,17,20)(H,18,19). The van der Waals surface area contributed by atoms with Crippen molar-refractivity contribution in [3.63, 3.8) is 0 Å². The van der Waals surface area contributed by atoms with Crippen LogP contribution in [0.2, 0.25) is 0 Å². The summed E-state index contributed by atoms with van der Waals surface area (Å²) in [4.78, 5) is 22.3. The molecule has 0 spiro atoms. The highest BCUT2D eigenvalue weighted by Crippen LogP contribution is 2.60. The van der Waals surface area contributed by atoms with E-state index in [9.17, 15) is 18.4 Å². The zero-order valence-corrected chi connectivity index (χ0v) is 11.0. The molecule has 1 saturated carbocycles. The number of aliphatic carboxylic acids is 1. The predicted octanol–water partition coefficient (Wildman–Crippen LogP) is 2.69. The fourth-order valence-corrected chi connectivity index (χ4v) is 1.97. The Morgan fingerprint density at radius 1 is 1.40 bits per heavy atom. The van der Waals surface area contributed by atoms with E-state index in [0.29, 0.717) is 12.1 Å². The molecule has 2 rings (SSSR count). The van der Waals surface area contributed by atoms with Crippen LogP contribution in [0.25, 0.3) is 0 Å². The number of nitrogens with one attached hydrogen (secondary N) is 1. The number of hydrogen-bond donors (Lipinski definition) is 2. The number of aryl methyl sites for hydroxylation is 1. The van der Waals surface area contributed by atoms with Gasteiger partial charge in [-0.2, -0.15) is 0 Å². The normalized spacial score (nSPS) is 23.1. The minimum atomic E-state index is -2.95. The zero-order chi connectivity index (χ0) is 15.0. The molecule has 1 unspecified atom stereocenters. The Morgan fingerprint density at radius 3 is 2.60 bits per heavy atom. The van der Waals surface area contributed by atoms with E-state index in [2.05, 4.69) is 5.32 Å². The quantitative estimate of drug-likeness (QED) is 0.873. The Labute approximate surface area is 114 Å². The van der Waals surface area contributed by atoms with Crippen LogP contribution in [0, 0.1) is 5.41 Å². The maximum atomic E-state index is 13.1. The topological polar surface area (TPSA) is 66.4 Å². The number of carboxylic acids is 1. The van der Waals surface area contributed by atoms with Crippen molar-refractivity contribution < 1.29 is 23.5 Å². The van der Waals surface area contributed by atoms with E-state index < -0.39 is 29.6 Å². The number of carbonyl (C=O) groups excluding carboxylic acids is 1. The maximum absolute atomic E-state index is 13.1. The highest BCUT2D eigenvalue weighted by atomic mass is 19.3. The van der Waals surface area contributed by atoms with Crippen LogP contribution in [-0.2, 0) is 16.0 Å². The van der Waals surface area contributed by atoms with Crippen molar-refractivity contribution in [2.75, 3.05) is 5.32 Å². The van der Waals surface area contributed by atoms with Crippen molar-refractivity contribution in [3.8, 4) is 0 Å². The van der Waals surface area contributed by atoms with Crippen LogP contribution in [0.5, 0.6) is 0 Å². The highest BCUT2D eigenvalue weighted by Gasteiger charge is 2.72. The number of hydrogen-bond acceptors (Lipinski definition) is 2. The Morgan fingerprint density at radius 2 is 2.05 bits per heavy atom. The average molecular weight is 283 g/mol. The molecule has 4 nitrogen and oxygen atoms in total. The first kappa shape index (κ1) is 14.4. The predicted molar refractivity (Wildman–Crippen MR) is 68.7 cm³/mol. The van der Waals surface area contributed by atoms with Crippen LogP contribution in [0.3, 0.4) is 0 Å². The van der Waals surface area contributed by atoms with Gasteiger partial charge in [0.1, 0.15) is 5.41 Å². The molecule has 0 aromatic heterocycles. The zero-order valence-electron chi connectivity index (χ0n) is 11.0. The molecule has 1 aromatic carbocycles. The van der Waals surface area contributed by atoms with Crippen LogP contribution in [-0.4, -0.2) is 22.9 Å². The lowest BCUT2D eigenvalue weighted by Gasteiger charge is -2.12. The molecule has 0 saturated heterocycles. The monoisotopic (exact) mass is 283 g/mol. The van der Waals surface area contributed by atoms with Crippen LogP contribution < -0.4 is 5.32 Å². The lowest BCUT2D eigenvalue weighted by molar-refractivity contribution is -0.137. The number of alkyl halides is 2. The summed E-state index contributed by atoms with van der Waals surface area (Å²) in [5.74, 6) is -4.57. The molecule has 1 aromatic rings. The SMILES string of the molecule is CC1(C(=O)Nc2cccc(CCC(=O)O)c2)CC1(F)F. The van der Waals surface area contributed by atoms with Gasteiger partial charge in [-0.1, -0.05) is 12.1 Å². The smallest absolute Gasteiger partial charge is 0.303 e. The number of anilines is 1. The van der Waals surface area contributed by atoms with Gasteiger partial charge in [-0.15, -0.1) is 0 Å². The molecule has 108 valence electrons. The van der Waals surface area contributed by atoms with Crippen molar-refractivity contribution in [1.82, 2.24) is 0 Å². The summed E-state index contributed by atoms with van der Waals surface area (Å²) in [6.07, 6.45) is -0.135. The summed E-state index contributed by atoms with van der Waals surface area (Å²) in [6.45, 7) is 1.23. The molecule has 0 radical (unpaired) electrons. The average Bonchev–Trinajstić information content (AvgIpc) is 2.88. The molecule has 1 aliphatic carbocycles. The van der Waals surface area contributed by atoms with Crippen LogP contribution in [0.1, 0.15) is 25.3 Å². The van der Waals surface area contributed by atoms with Gasteiger partial charge in [0.15, 0.2) is 0 Å². The highest BCUT2D eigenvalue weighted by molar-refractivity contribution is 5.98. The third-order valence-corrected chi connectivity index (χ3v) is 3.57. The van der Waals surface area contributed by atoms with Gasteiger partial charge in [0.2, 0.25) is 5.91 Å². The molecule has 6 heteroatoms. The van der Waals surface area contributed by atoms with E-state index >= 15 is 0 Å². The summed E-state index contributed by atoms with van der Waals surface area (Å²) in [5, 5.41) is 11.1. The first-order valence-corrected chi connectivity index (χ1v) is 6.25. The second kappa shape index (κ2) is 4.85. The number of benzene rings is 1. The second-order valence-electron chi connectivity index (χ2n) is 5.26. The van der Waals surface area contributed by atoms with Gasteiger partial charge in [0, 0.05) is 18.5 Å². The lowest BCUT2D eigenvalue weighted by atomic mass is 10.1. The van der Waals surface area contributed by atoms with Crippen LogP contribution >= 0.6 is 0 Å². The number of amides is 1. The number of carbonyl (C=O) groups is 2. The van der Waals surface area contributed by atoms with E-state index in [1.807, 2.05) is 0 Å². The van der Waals surface area contributed by atoms with E-state index in [1.54, 1.807) is 24.3 Å². The Bertz CT molecular complexity index is 559. The molecule has 0 aliphatic heterocycles. The van der Waals surface area contributed by atoms with Gasteiger partial charge in [-0.3, -0.25) is 9.59 Å². The van der Waals surface area contributed by atoms with Gasteiger partial charge in [0.25, 0.3) is 5.92 Å². The summed E-state index contributed by atoms with van der Waals surface area (Å²) in [5.41, 5.74) is -0.496. The van der Waals surface area contributed by atoms with E-state index in [1.165, 1.54) is 6.92 Å². The molecular weight excluding hydrogens is 268 g/mol. The summed E-state index contributed by atoms with van der Waals surface area (Å²) >= 11 is 0. The van der Waals surface area contributed by atoms with Crippen molar-refractivity contribution in [3.05, 3.63) is 29.8 Å². The van der Waals surface area contributed by atoms with E-state index in [0.717, 1.165) is 5.56 Å². The van der Waals surface area contributed by atoms with Crippen LogP contribution in [0.15, 0.2) is 24.3 Å². The number of carboxylic acid groups (broad SMARTS) is 1. The van der Waals surface area contributed by atoms with Gasteiger partial charge < -0.3 is 10.4 Å². The van der Waals surface area contributed by atoms with Crippen LogP contribution in [0.4, 0.5) is 14.5 Å². The molecular formula is C14H15F2NO3. The van der Waals surface area contributed by atoms with E-state index in [-0.39, 0.29) is 6.42 Å². The van der Waals surface area contributed by atoms with Gasteiger partial charge in [-0.25, -0.2) is 8.78 Å². The molecule has 0 heterocycles. The second-order valence-corrected chi connectivity index (χ2v) is 5.26. The van der Waals surface area contributed by atoms with E-state index in [4.69, 9.17) is 5.11 Å². The fourth-order valence-electron chi connectivity index (χ4n) is 1.97. The molecule has 0 bridgehead atoms. The molecule has 1 amide bonds. The summed E-state index contributed by atoms with van der Waals surface area (Å²) in [7, 11) is 0. The van der Waals surface area contributed by atoms with Crippen molar-refractivity contribution in [2.24, 2.45) is 5.41 Å². The third-order valence-electron chi connectivity index (χ3n) is 3.57. The van der Waals surface area contributed by atoms with Crippen molar-refractivity contribution >= 4 is 17.6 Å². The lowest BCUT2D eigenvalue weighted by Crippen LogP contribution is -2.26. The first-order chi connectivity index (χ1) is 9.24. The van der Waals surface area contributed by atoms with Gasteiger partial charge in [0.05, 0.1) is 0 Å². The Hall–Kier alpha value is -1.98. The first-order valence-electron chi connectivity index (χ1n) is 6.25. The van der Waals surface area contributed by atoms with Crippen molar-refractivity contribution in [1.29, 1.82) is 0 Å². The molecule has 20 heavy (non-hydrogen) atoms. The molecule has 1 fully saturated rings. The largest absolute Gasteiger partial charge is 0.481 e. The molecule has 1 aliphatic rings. The number of rotatable bonds is 5. The minimum Gasteiger partial charge on any atom is -0.481 e.